The molecule has 1 fully saturated rings. The number of anilines is 1. The molecule has 38 heavy (non-hydrogen) atoms. The van der Waals surface area contributed by atoms with E-state index in [1.165, 1.54) is 0 Å². The second-order valence-corrected chi connectivity index (χ2v) is 10.3. The van der Waals surface area contributed by atoms with Crippen molar-refractivity contribution in [3.05, 3.63) is 78.1 Å². The average Bonchev–Trinajstić information content (AvgIpc) is 2.92. The van der Waals surface area contributed by atoms with Crippen LogP contribution in [0.5, 0.6) is 5.75 Å². The van der Waals surface area contributed by atoms with E-state index in [1.807, 2.05) is 35.2 Å². The Labute approximate surface area is 222 Å². The van der Waals surface area contributed by atoms with Gasteiger partial charge in [0.2, 0.25) is 11.8 Å². The van der Waals surface area contributed by atoms with E-state index in [1.54, 1.807) is 41.6 Å². The van der Waals surface area contributed by atoms with Crippen molar-refractivity contribution >= 4 is 29.2 Å². The van der Waals surface area contributed by atoms with Gasteiger partial charge in [0.05, 0.1) is 5.56 Å². The second kappa shape index (κ2) is 11.3. The van der Waals surface area contributed by atoms with Crippen molar-refractivity contribution < 1.29 is 14.9 Å². The summed E-state index contributed by atoms with van der Waals surface area (Å²) < 4.78 is 0. The highest BCUT2D eigenvalue weighted by molar-refractivity contribution is 6.37. The van der Waals surface area contributed by atoms with Crippen molar-refractivity contribution in [2.75, 3.05) is 31.1 Å². The molecule has 1 amide bonds. The Morgan fingerprint density at radius 2 is 1.63 bits per heavy atom. The molecule has 0 bridgehead atoms. The number of carbonyl (C=O) groups is 1. The van der Waals surface area contributed by atoms with E-state index in [0.29, 0.717) is 32.1 Å². The molecule has 1 aliphatic heterocycles. The number of benzene rings is 2. The van der Waals surface area contributed by atoms with Crippen molar-refractivity contribution in [3.8, 4) is 5.75 Å². The number of hydrogen-bond donors (Lipinski definition) is 4. The fourth-order valence-electron chi connectivity index (χ4n) is 4.39. The number of nitrogens with one attached hydrogen (secondary N) is 1. The van der Waals surface area contributed by atoms with Gasteiger partial charge in [-0.2, -0.15) is 0 Å². The highest BCUT2D eigenvalue weighted by atomic mass is 16.3. The van der Waals surface area contributed by atoms with E-state index >= 15 is 0 Å². The van der Waals surface area contributed by atoms with Crippen LogP contribution in [-0.4, -0.2) is 63.7 Å². The molecule has 0 saturated carbocycles. The van der Waals surface area contributed by atoms with Gasteiger partial charge in [-0.05, 0) is 23.8 Å². The number of phenolic OH excluding ortho intramolecular Hbond substituents is 1. The first kappa shape index (κ1) is 26.6. The topological polar surface area (TPSA) is 148 Å². The van der Waals surface area contributed by atoms with Gasteiger partial charge in [-0.25, -0.2) is 15.0 Å². The number of amides is 1. The van der Waals surface area contributed by atoms with Gasteiger partial charge in [0.25, 0.3) is 5.91 Å². The number of aromatic nitrogens is 2. The van der Waals surface area contributed by atoms with Gasteiger partial charge < -0.3 is 20.6 Å². The van der Waals surface area contributed by atoms with Crippen LogP contribution in [0.2, 0.25) is 0 Å². The fourth-order valence-corrected chi connectivity index (χ4v) is 4.39. The minimum Gasteiger partial charge on any atom is -0.505 e. The zero-order valence-corrected chi connectivity index (χ0v) is 22.0. The Balaban J connectivity index is 1.52. The van der Waals surface area contributed by atoms with Crippen LogP contribution in [0.1, 0.15) is 42.7 Å². The van der Waals surface area contributed by atoms with E-state index in [9.17, 15) is 9.90 Å². The van der Waals surface area contributed by atoms with Gasteiger partial charge in [0.1, 0.15) is 11.7 Å². The summed E-state index contributed by atoms with van der Waals surface area (Å²) in [5, 5.41) is 10.9. The maximum absolute atomic E-state index is 13.2. The number of nitrogens with two attached hydrogens (primary N) is 2. The smallest absolute Gasteiger partial charge is 0.309 e. The van der Waals surface area contributed by atoms with Gasteiger partial charge in [-0.15, -0.1) is 0 Å². The highest BCUT2D eigenvalue weighted by Crippen LogP contribution is 2.31. The van der Waals surface area contributed by atoms with Crippen LogP contribution in [0.15, 0.2) is 72.0 Å². The van der Waals surface area contributed by atoms with Crippen molar-refractivity contribution in [2.24, 2.45) is 21.9 Å². The van der Waals surface area contributed by atoms with Gasteiger partial charge in [0, 0.05) is 44.0 Å². The summed E-state index contributed by atoms with van der Waals surface area (Å²) in [5.41, 5.74) is 13.8. The largest absolute Gasteiger partial charge is 0.505 e. The number of carbonyl (C=O) groups excluding carboxylic acids is 1. The van der Waals surface area contributed by atoms with Gasteiger partial charge >= 0.3 is 5.84 Å². The summed E-state index contributed by atoms with van der Waals surface area (Å²) in [4.78, 5) is 33.1. The first-order valence-corrected chi connectivity index (χ1v) is 12.6. The Morgan fingerprint density at radius 3 is 2.26 bits per heavy atom. The van der Waals surface area contributed by atoms with E-state index in [0.717, 1.165) is 5.56 Å². The molecule has 0 aliphatic carbocycles. The number of rotatable bonds is 5. The van der Waals surface area contributed by atoms with Crippen LogP contribution in [0, 0.1) is 5.41 Å². The lowest BCUT2D eigenvalue weighted by Crippen LogP contribution is -2.81. The van der Waals surface area contributed by atoms with Crippen LogP contribution in [0.25, 0.3) is 0 Å². The average molecular weight is 516 g/mol. The summed E-state index contributed by atoms with van der Waals surface area (Å²) in [6.45, 7) is 8.45. The normalized spacial score (nSPS) is 15.9. The monoisotopic (exact) mass is 515 g/mol. The van der Waals surface area contributed by atoms with Crippen LogP contribution in [0.3, 0.4) is 0 Å². The van der Waals surface area contributed by atoms with E-state index in [4.69, 9.17) is 11.5 Å². The lowest BCUT2D eigenvalue weighted by molar-refractivity contribution is -0.529. The Hall–Kier alpha value is -4.47. The van der Waals surface area contributed by atoms with Crippen LogP contribution < -0.4 is 21.4 Å². The second-order valence-electron chi connectivity index (χ2n) is 10.3. The number of hydrogen-bond acceptors (Lipinski definition) is 6. The zero-order valence-electron chi connectivity index (χ0n) is 22.0. The summed E-state index contributed by atoms with van der Waals surface area (Å²) in [6, 6.07) is 16.4. The predicted molar refractivity (Wildman–Crippen MR) is 148 cm³/mol. The quantitative estimate of drug-likeness (QED) is 0.296. The van der Waals surface area contributed by atoms with Crippen molar-refractivity contribution in [1.82, 2.24) is 14.9 Å². The molecule has 3 aromatic rings. The molecule has 6 N–H and O–H groups in total. The number of aromatic hydroxyl groups is 1. The Morgan fingerprint density at radius 1 is 0.974 bits per heavy atom. The molecule has 0 spiro atoms. The highest BCUT2D eigenvalue weighted by Gasteiger charge is 2.29. The molecule has 198 valence electrons. The number of phenols is 1. The number of amidine groups is 2. The SMILES string of the molecule is CC(C)(C)[C@@H]([NH+]=C(N)C(N)=Nc1cccc(C(=O)N2CCN(c3ncccn3)CC2)c1O)c1ccccc1. The molecule has 4 rings (SSSR count). The lowest BCUT2D eigenvalue weighted by atomic mass is 9.83. The first-order valence-electron chi connectivity index (χ1n) is 12.6. The van der Waals surface area contributed by atoms with Crippen LogP contribution >= 0.6 is 0 Å². The maximum Gasteiger partial charge on any atom is 0.309 e. The third kappa shape index (κ3) is 6.08. The molecule has 2 aromatic carbocycles. The Kier molecular flexibility index (Phi) is 7.90. The van der Waals surface area contributed by atoms with Crippen molar-refractivity contribution in [1.29, 1.82) is 0 Å². The van der Waals surface area contributed by atoms with Crippen molar-refractivity contribution in [2.45, 2.75) is 26.8 Å². The molecule has 1 saturated heterocycles. The number of para-hydroxylation sites is 1. The summed E-state index contributed by atoms with van der Waals surface area (Å²) >= 11 is 0. The zero-order chi connectivity index (χ0) is 27.3. The first-order chi connectivity index (χ1) is 18.1. The van der Waals surface area contributed by atoms with Crippen LogP contribution in [-0.2, 0) is 0 Å². The molecule has 10 heteroatoms. The minimum absolute atomic E-state index is 0.0200. The molecule has 1 aromatic heterocycles. The molecule has 10 nitrogen and oxygen atoms in total. The molecular formula is C28H35N8O2+. The Bertz CT molecular complexity index is 1310. The standard InChI is InChI=1S/C28H34N8O2/c1-28(2,3)23(19-9-5-4-6-10-19)34-25(30)24(29)33-21-12-7-11-20(22(21)37)26(38)35-15-17-36(18-16-35)27-31-13-8-14-32-27/h4-14,23,37H,15-18H2,1-3H3,(H2,29,33)(H2,30,34)/p+1/t23-/m0/s1. The van der Waals surface area contributed by atoms with E-state index in [2.05, 4.69) is 40.7 Å². The summed E-state index contributed by atoms with van der Waals surface area (Å²) in [7, 11) is 0. The third-order valence-corrected chi connectivity index (χ3v) is 6.46. The fraction of sp³-hybridized carbons (Fsp3) is 0.321. The molecule has 1 atom stereocenters. The maximum atomic E-state index is 13.2. The van der Waals surface area contributed by atoms with Crippen molar-refractivity contribution in [3.63, 3.8) is 0 Å². The van der Waals surface area contributed by atoms with Gasteiger partial charge in [-0.3, -0.25) is 15.5 Å². The van der Waals surface area contributed by atoms with Gasteiger partial charge in [0.15, 0.2) is 5.75 Å². The predicted octanol–water partition coefficient (Wildman–Crippen LogP) is 1.36. The molecule has 0 unspecified atom stereocenters. The third-order valence-electron chi connectivity index (χ3n) is 6.46. The summed E-state index contributed by atoms with van der Waals surface area (Å²) in [6.07, 6.45) is 3.39. The summed E-state index contributed by atoms with van der Waals surface area (Å²) in [5.74, 6) is 0.324. The van der Waals surface area contributed by atoms with E-state index in [-0.39, 0.29) is 46.0 Å². The number of nitrogens with zero attached hydrogens (tertiary/aromatic N) is 5. The molecule has 2 heterocycles. The van der Waals surface area contributed by atoms with Gasteiger partial charge in [-0.1, -0.05) is 57.2 Å². The minimum atomic E-state index is -0.279. The number of piperazine rings is 1. The van der Waals surface area contributed by atoms with E-state index < -0.39 is 0 Å². The van der Waals surface area contributed by atoms with Crippen LogP contribution in [0.4, 0.5) is 11.6 Å². The lowest BCUT2D eigenvalue weighted by Gasteiger charge is -2.34. The molecular weight excluding hydrogens is 480 g/mol. The number of aliphatic imine (C=N–C) groups is 1. The molecule has 0 radical (unpaired) electrons. The molecule has 1 aliphatic rings.